The van der Waals surface area contributed by atoms with E-state index < -0.39 is 21.5 Å². The molecule has 0 radical (unpaired) electrons. The summed E-state index contributed by atoms with van der Waals surface area (Å²) in [6.45, 7) is 7.14. The molecule has 1 saturated heterocycles. The summed E-state index contributed by atoms with van der Waals surface area (Å²) in [5.74, 6) is -0.0360. The standard InChI is InChI=1S/C30H40N6O5S2/c1-4-5-21-19-32-28(33-20-21)35-13-10-24(11-14-35)41-29-34-25-7-6-23(18-26(25)42-29)22-8-15-36(16-9-22)43(39,40)17-12-31-27(37)30(2,3)38/h6-8,18-20,24,38H,4-5,9-17H2,1-3H3,(H,31,37). The van der Waals surface area contributed by atoms with Crippen molar-refractivity contribution in [3.8, 4) is 5.19 Å². The van der Waals surface area contributed by atoms with Gasteiger partial charge in [0, 0.05) is 58.0 Å². The minimum absolute atomic E-state index is 0.0505. The molecule has 0 aliphatic carbocycles. The molecule has 3 aromatic rings. The number of thiazole rings is 1. The van der Waals surface area contributed by atoms with Crippen molar-refractivity contribution in [3.63, 3.8) is 0 Å². The van der Waals surface area contributed by atoms with Gasteiger partial charge in [-0.2, -0.15) is 4.31 Å². The van der Waals surface area contributed by atoms with Gasteiger partial charge in [0.05, 0.1) is 16.0 Å². The van der Waals surface area contributed by atoms with Crippen molar-refractivity contribution in [1.82, 2.24) is 24.6 Å². The number of aromatic nitrogens is 3. The van der Waals surface area contributed by atoms with Gasteiger partial charge in [-0.3, -0.25) is 4.79 Å². The van der Waals surface area contributed by atoms with Gasteiger partial charge >= 0.3 is 0 Å². The van der Waals surface area contributed by atoms with Crippen LogP contribution in [0.15, 0.2) is 36.7 Å². The van der Waals surface area contributed by atoms with E-state index in [0.717, 1.165) is 66.1 Å². The molecule has 2 N–H and O–H groups in total. The molecule has 0 unspecified atom stereocenters. The molecule has 0 spiro atoms. The minimum atomic E-state index is -3.54. The van der Waals surface area contributed by atoms with Crippen molar-refractivity contribution in [3.05, 3.63) is 47.8 Å². The zero-order chi connectivity index (χ0) is 30.6. The molecule has 0 bridgehead atoms. The molecule has 43 heavy (non-hydrogen) atoms. The third kappa shape index (κ3) is 7.88. The Hall–Kier alpha value is -3.13. The Labute approximate surface area is 257 Å². The molecule has 1 aromatic carbocycles. The number of ether oxygens (including phenoxy) is 1. The number of aryl methyl sites for hydroxylation is 1. The van der Waals surface area contributed by atoms with Crippen LogP contribution >= 0.6 is 11.3 Å². The highest BCUT2D eigenvalue weighted by atomic mass is 32.2. The second-order valence-corrected chi connectivity index (χ2v) is 14.7. The number of amides is 1. The van der Waals surface area contributed by atoms with Crippen LogP contribution < -0.4 is 15.0 Å². The Morgan fingerprint density at radius 3 is 2.58 bits per heavy atom. The van der Waals surface area contributed by atoms with Crippen LogP contribution in [0.1, 0.15) is 57.6 Å². The molecule has 2 aliphatic heterocycles. The maximum Gasteiger partial charge on any atom is 0.274 e. The minimum Gasteiger partial charge on any atom is -0.467 e. The van der Waals surface area contributed by atoms with Gasteiger partial charge in [-0.25, -0.2) is 23.4 Å². The highest BCUT2D eigenvalue weighted by molar-refractivity contribution is 7.89. The SMILES string of the molecule is CCCc1cnc(N2CCC(Oc3nc4ccc(C5=CCN(S(=O)(=O)CCNC(=O)C(C)(C)O)CC5)cc4s3)CC2)nc1. The van der Waals surface area contributed by atoms with Gasteiger partial charge in [-0.1, -0.05) is 36.8 Å². The second-order valence-electron chi connectivity index (χ2n) is 11.6. The number of aliphatic hydroxyl groups is 1. The zero-order valence-electron chi connectivity index (χ0n) is 25.0. The van der Waals surface area contributed by atoms with E-state index in [9.17, 15) is 18.3 Å². The number of nitrogens with one attached hydrogen (secondary N) is 1. The molecule has 1 amide bonds. The molecule has 4 heterocycles. The molecule has 0 saturated carbocycles. The lowest BCUT2D eigenvalue weighted by Crippen LogP contribution is -2.45. The van der Waals surface area contributed by atoms with Gasteiger partial charge in [0.15, 0.2) is 0 Å². The average Bonchev–Trinajstić information content (AvgIpc) is 3.39. The average molecular weight is 629 g/mol. The highest BCUT2D eigenvalue weighted by Gasteiger charge is 2.27. The van der Waals surface area contributed by atoms with Crippen molar-refractivity contribution in [2.45, 2.75) is 64.6 Å². The highest BCUT2D eigenvalue weighted by Crippen LogP contribution is 2.33. The van der Waals surface area contributed by atoms with Gasteiger partial charge in [0.1, 0.15) is 11.7 Å². The monoisotopic (exact) mass is 628 g/mol. The first-order chi connectivity index (χ1) is 20.5. The van der Waals surface area contributed by atoms with E-state index >= 15 is 0 Å². The van der Waals surface area contributed by atoms with Crippen molar-refractivity contribution in [2.24, 2.45) is 0 Å². The van der Waals surface area contributed by atoms with Crippen LogP contribution in [0, 0.1) is 0 Å². The number of hydrogen-bond acceptors (Lipinski definition) is 10. The summed E-state index contributed by atoms with van der Waals surface area (Å²) >= 11 is 1.53. The van der Waals surface area contributed by atoms with E-state index in [1.54, 1.807) is 0 Å². The number of nitrogens with zero attached hydrogens (tertiary/aromatic N) is 5. The van der Waals surface area contributed by atoms with Crippen molar-refractivity contribution in [1.29, 1.82) is 0 Å². The molecule has 1 fully saturated rings. The molecule has 0 atom stereocenters. The fourth-order valence-electron chi connectivity index (χ4n) is 5.20. The summed E-state index contributed by atoms with van der Waals surface area (Å²) in [6, 6.07) is 6.12. The van der Waals surface area contributed by atoms with E-state index in [2.05, 4.69) is 33.2 Å². The van der Waals surface area contributed by atoms with Crippen molar-refractivity contribution >= 4 is 49.0 Å². The Balaban J connectivity index is 1.14. The number of anilines is 1. The van der Waals surface area contributed by atoms with Crippen molar-refractivity contribution in [2.75, 3.05) is 43.4 Å². The summed E-state index contributed by atoms with van der Waals surface area (Å²) in [5.41, 5.74) is 2.65. The Kier molecular flexibility index (Phi) is 9.64. The molecule has 2 aliphatic rings. The number of piperidine rings is 1. The number of hydrogen-bond donors (Lipinski definition) is 2. The van der Waals surface area contributed by atoms with Gasteiger partial charge in [0.2, 0.25) is 16.0 Å². The maximum atomic E-state index is 12.8. The third-order valence-corrected chi connectivity index (χ3v) is 10.5. The Morgan fingerprint density at radius 2 is 1.93 bits per heavy atom. The predicted molar refractivity (Wildman–Crippen MR) is 169 cm³/mol. The van der Waals surface area contributed by atoms with E-state index in [4.69, 9.17) is 9.72 Å². The molecular weight excluding hydrogens is 589 g/mol. The Bertz CT molecular complexity index is 1560. The number of sulfonamides is 1. The second kappa shape index (κ2) is 13.2. The maximum absolute atomic E-state index is 12.8. The lowest BCUT2D eigenvalue weighted by atomic mass is 10.0. The lowest BCUT2D eigenvalue weighted by molar-refractivity contribution is -0.136. The van der Waals surface area contributed by atoms with E-state index in [0.29, 0.717) is 18.2 Å². The number of benzene rings is 1. The Morgan fingerprint density at radius 1 is 1.19 bits per heavy atom. The van der Waals surface area contributed by atoms with Gasteiger partial charge in [0.25, 0.3) is 11.1 Å². The summed E-state index contributed by atoms with van der Waals surface area (Å²) in [5, 5.41) is 12.9. The van der Waals surface area contributed by atoms with Crippen LogP contribution in [-0.2, 0) is 21.2 Å². The molecular formula is C30H40N6O5S2. The van der Waals surface area contributed by atoms with Crippen LogP contribution in [0.5, 0.6) is 5.19 Å². The number of carbonyl (C=O) groups is 1. The van der Waals surface area contributed by atoms with E-state index in [1.807, 2.05) is 30.6 Å². The van der Waals surface area contributed by atoms with Crippen LogP contribution in [0.2, 0.25) is 0 Å². The smallest absolute Gasteiger partial charge is 0.274 e. The fourth-order valence-corrected chi connectivity index (χ4v) is 7.41. The van der Waals surface area contributed by atoms with Crippen LogP contribution in [0.25, 0.3) is 15.8 Å². The lowest BCUT2D eigenvalue weighted by Gasteiger charge is -2.31. The summed E-state index contributed by atoms with van der Waals surface area (Å²) in [4.78, 5) is 27.8. The van der Waals surface area contributed by atoms with Gasteiger partial charge in [-0.05, 0) is 55.5 Å². The number of rotatable bonds is 11. The van der Waals surface area contributed by atoms with Crippen molar-refractivity contribution < 1.29 is 23.1 Å². The van der Waals surface area contributed by atoms with E-state index in [1.165, 1.54) is 35.1 Å². The summed E-state index contributed by atoms with van der Waals surface area (Å²) < 4.78 is 34.3. The fraction of sp³-hybridized carbons (Fsp3) is 0.533. The van der Waals surface area contributed by atoms with E-state index in [-0.39, 0.29) is 24.9 Å². The molecule has 13 heteroatoms. The van der Waals surface area contributed by atoms with Crippen LogP contribution in [0.4, 0.5) is 5.95 Å². The van der Waals surface area contributed by atoms with Gasteiger partial charge < -0.3 is 20.1 Å². The number of fused-ring (bicyclic) bond motifs is 1. The van der Waals surface area contributed by atoms with Gasteiger partial charge in [-0.15, -0.1) is 0 Å². The van der Waals surface area contributed by atoms with Crippen LogP contribution in [0.3, 0.4) is 0 Å². The first kappa shape index (κ1) is 31.3. The summed E-state index contributed by atoms with van der Waals surface area (Å²) in [7, 11) is -3.54. The third-order valence-electron chi connectivity index (χ3n) is 7.73. The topological polar surface area (TPSA) is 138 Å². The normalized spacial score (nSPS) is 17.2. The molecule has 2 aromatic heterocycles. The first-order valence-electron chi connectivity index (χ1n) is 14.8. The summed E-state index contributed by atoms with van der Waals surface area (Å²) in [6.07, 6.45) is 10.3. The molecule has 11 nitrogen and oxygen atoms in total. The molecule has 5 rings (SSSR count). The first-order valence-corrected chi connectivity index (χ1v) is 17.3. The predicted octanol–water partition coefficient (Wildman–Crippen LogP) is 3.39. The number of carbonyl (C=O) groups excluding carboxylic acids is 1. The quantitative estimate of drug-likeness (QED) is 0.327. The van der Waals surface area contributed by atoms with Crippen LogP contribution in [-0.4, -0.2) is 88.9 Å². The molecule has 232 valence electrons. The largest absolute Gasteiger partial charge is 0.467 e. The zero-order valence-corrected chi connectivity index (χ0v) is 26.6.